The maximum Gasteiger partial charge on any atom is 0.325 e. The molecule has 0 radical (unpaired) electrons. The van der Waals surface area contributed by atoms with Gasteiger partial charge in [0.2, 0.25) is 0 Å². The monoisotopic (exact) mass is 303 g/mol. The first-order chi connectivity index (χ1) is 10.6. The van der Waals surface area contributed by atoms with Gasteiger partial charge in [0.15, 0.2) is 0 Å². The zero-order chi connectivity index (χ0) is 15.5. The Balaban J connectivity index is 1.53. The van der Waals surface area contributed by atoms with Crippen molar-refractivity contribution in [2.45, 2.75) is 45.2 Å². The van der Waals surface area contributed by atoms with Crippen LogP contribution in [-0.4, -0.2) is 43.6 Å². The van der Waals surface area contributed by atoms with Gasteiger partial charge in [0.25, 0.3) is 0 Å². The zero-order valence-corrected chi connectivity index (χ0v) is 13.4. The van der Waals surface area contributed by atoms with E-state index < -0.39 is 0 Å². The molecule has 0 atom stereocenters. The summed E-state index contributed by atoms with van der Waals surface area (Å²) in [6.07, 6.45) is 9.80. The molecule has 3 rings (SSSR count). The molecule has 0 bridgehead atoms. The van der Waals surface area contributed by atoms with Crippen LogP contribution < -0.4 is 5.69 Å². The minimum absolute atomic E-state index is 0.0196. The van der Waals surface area contributed by atoms with Gasteiger partial charge in [-0.2, -0.15) is 0 Å². The second-order valence-electron chi connectivity index (χ2n) is 6.36. The normalized spacial score (nSPS) is 17.4. The smallest absolute Gasteiger partial charge is 0.325 e. The van der Waals surface area contributed by atoms with E-state index >= 15 is 0 Å². The van der Waals surface area contributed by atoms with E-state index in [0.717, 1.165) is 39.0 Å². The Hall–Kier alpha value is -1.82. The molecule has 22 heavy (non-hydrogen) atoms. The third-order valence-corrected chi connectivity index (χ3v) is 4.59. The molecule has 1 N–H and O–H groups in total. The van der Waals surface area contributed by atoms with Crippen LogP contribution in [0.15, 0.2) is 29.6 Å². The van der Waals surface area contributed by atoms with Crippen LogP contribution in [0.3, 0.4) is 0 Å². The lowest BCUT2D eigenvalue weighted by molar-refractivity contribution is 0.199. The Labute approximate surface area is 130 Å². The molecule has 0 amide bonds. The van der Waals surface area contributed by atoms with Gasteiger partial charge in [0.05, 0.1) is 0 Å². The largest absolute Gasteiger partial charge is 0.332 e. The number of imidazole rings is 2. The molecule has 2 aromatic heterocycles. The summed E-state index contributed by atoms with van der Waals surface area (Å²) in [4.78, 5) is 21.2. The maximum absolute atomic E-state index is 11.5. The topological polar surface area (TPSA) is 58.9 Å². The lowest BCUT2D eigenvalue weighted by Crippen LogP contribution is -2.37. The van der Waals surface area contributed by atoms with Gasteiger partial charge in [0.1, 0.15) is 5.82 Å². The van der Waals surface area contributed by atoms with Crippen LogP contribution in [-0.2, 0) is 6.54 Å². The predicted octanol–water partition coefficient (Wildman–Crippen LogP) is 1.83. The van der Waals surface area contributed by atoms with Crippen LogP contribution in [0, 0.1) is 0 Å². The summed E-state index contributed by atoms with van der Waals surface area (Å²) in [5.74, 6) is 1.79. The molecule has 1 aliphatic rings. The highest BCUT2D eigenvalue weighted by atomic mass is 16.1. The molecule has 6 nitrogen and oxygen atoms in total. The lowest BCUT2D eigenvalue weighted by atomic mass is 9.95. The summed E-state index contributed by atoms with van der Waals surface area (Å²) in [5, 5.41) is 0. The third-order valence-electron chi connectivity index (χ3n) is 4.59. The molecule has 1 aliphatic heterocycles. The number of nitrogens with one attached hydrogen (secondary N) is 1. The van der Waals surface area contributed by atoms with Crippen molar-refractivity contribution in [1.29, 1.82) is 0 Å². The van der Waals surface area contributed by atoms with Crippen LogP contribution in [0.2, 0.25) is 0 Å². The van der Waals surface area contributed by atoms with Gasteiger partial charge in [-0.05, 0) is 39.8 Å². The van der Waals surface area contributed by atoms with E-state index in [4.69, 9.17) is 0 Å². The highest BCUT2D eigenvalue weighted by Gasteiger charge is 2.24. The number of hydrogen-bond acceptors (Lipinski definition) is 3. The molecule has 2 aromatic rings. The molecule has 0 unspecified atom stereocenters. The Morgan fingerprint density at radius 2 is 2.05 bits per heavy atom. The molecule has 0 saturated carbocycles. The van der Waals surface area contributed by atoms with Crippen LogP contribution in [0.25, 0.3) is 0 Å². The summed E-state index contributed by atoms with van der Waals surface area (Å²) >= 11 is 0. The molecule has 0 spiro atoms. The van der Waals surface area contributed by atoms with Crippen molar-refractivity contribution in [2.75, 3.05) is 19.6 Å². The van der Waals surface area contributed by atoms with E-state index in [1.54, 1.807) is 10.8 Å². The Morgan fingerprint density at radius 3 is 2.68 bits per heavy atom. The Morgan fingerprint density at radius 1 is 1.27 bits per heavy atom. The molecule has 0 aromatic carbocycles. The highest BCUT2D eigenvalue weighted by molar-refractivity contribution is 5.03. The maximum atomic E-state index is 11.5. The van der Waals surface area contributed by atoms with Crippen molar-refractivity contribution >= 4 is 0 Å². The van der Waals surface area contributed by atoms with Gasteiger partial charge in [0, 0.05) is 49.8 Å². The van der Waals surface area contributed by atoms with E-state index in [1.807, 2.05) is 12.4 Å². The second kappa shape index (κ2) is 6.52. The molecule has 120 valence electrons. The molecule has 3 heterocycles. The van der Waals surface area contributed by atoms with Crippen molar-refractivity contribution in [3.05, 3.63) is 41.1 Å². The number of likely N-dealkylation sites (tertiary alicyclic amines) is 1. The van der Waals surface area contributed by atoms with Crippen LogP contribution >= 0.6 is 0 Å². The third kappa shape index (κ3) is 3.16. The van der Waals surface area contributed by atoms with Crippen molar-refractivity contribution in [1.82, 2.24) is 24.0 Å². The molecular formula is C16H25N5O. The average molecular weight is 303 g/mol. The van der Waals surface area contributed by atoms with E-state index in [1.165, 1.54) is 5.82 Å². The van der Waals surface area contributed by atoms with Crippen molar-refractivity contribution in [3.8, 4) is 0 Å². The number of aromatic amines is 1. The van der Waals surface area contributed by atoms with E-state index in [9.17, 15) is 4.79 Å². The highest BCUT2D eigenvalue weighted by Crippen LogP contribution is 2.28. The molecule has 0 aliphatic carbocycles. The number of piperidine rings is 1. The first-order valence-electron chi connectivity index (χ1n) is 8.14. The summed E-state index contributed by atoms with van der Waals surface area (Å²) in [7, 11) is 0. The number of rotatable bonds is 5. The molecular weight excluding hydrogens is 278 g/mol. The fourth-order valence-electron chi connectivity index (χ4n) is 3.27. The second-order valence-corrected chi connectivity index (χ2v) is 6.36. The Kier molecular flexibility index (Phi) is 4.47. The van der Waals surface area contributed by atoms with Gasteiger partial charge in [-0.1, -0.05) is 0 Å². The number of aromatic nitrogens is 4. The van der Waals surface area contributed by atoms with Crippen molar-refractivity contribution in [3.63, 3.8) is 0 Å². The quantitative estimate of drug-likeness (QED) is 0.917. The summed E-state index contributed by atoms with van der Waals surface area (Å²) < 4.78 is 4.03. The fourth-order valence-corrected chi connectivity index (χ4v) is 3.27. The molecule has 1 saturated heterocycles. The van der Waals surface area contributed by atoms with Gasteiger partial charge in [-0.25, -0.2) is 9.78 Å². The Bertz CT molecular complexity index is 645. The van der Waals surface area contributed by atoms with Crippen LogP contribution in [0.5, 0.6) is 0 Å². The molecule has 1 fully saturated rings. The summed E-state index contributed by atoms with van der Waals surface area (Å²) in [6, 6.07) is 0.469. The lowest BCUT2D eigenvalue weighted by Gasteiger charge is -2.32. The zero-order valence-electron chi connectivity index (χ0n) is 13.4. The standard InChI is InChI=1S/C16H25N5O/c1-13(2)21-10-6-17-15(21)14-3-7-19(8-4-14)11-12-20-9-5-18-16(20)22/h5-6,9-10,13-14H,3-4,7-8,11-12H2,1-2H3,(H,18,22). The summed E-state index contributed by atoms with van der Waals surface area (Å²) in [5.41, 5.74) is -0.0196. The number of hydrogen-bond donors (Lipinski definition) is 1. The number of H-pyrrole nitrogens is 1. The van der Waals surface area contributed by atoms with Crippen molar-refractivity contribution in [2.24, 2.45) is 0 Å². The van der Waals surface area contributed by atoms with E-state index in [-0.39, 0.29) is 5.69 Å². The first-order valence-corrected chi connectivity index (χ1v) is 8.14. The van der Waals surface area contributed by atoms with Gasteiger partial charge in [-0.15, -0.1) is 0 Å². The van der Waals surface area contributed by atoms with Gasteiger partial charge in [-0.3, -0.25) is 4.57 Å². The van der Waals surface area contributed by atoms with Gasteiger partial charge >= 0.3 is 5.69 Å². The van der Waals surface area contributed by atoms with Crippen LogP contribution in [0.4, 0.5) is 0 Å². The molecule has 6 heteroatoms. The SMILES string of the molecule is CC(C)n1ccnc1C1CCN(CCn2cc[nH]c2=O)CC1. The van der Waals surface area contributed by atoms with Gasteiger partial charge < -0.3 is 14.5 Å². The minimum atomic E-state index is -0.0196. The van der Waals surface area contributed by atoms with E-state index in [0.29, 0.717) is 12.0 Å². The minimum Gasteiger partial charge on any atom is -0.332 e. The van der Waals surface area contributed by atoms with E-state index in [2.05, 4.69) is 39.5 Å². The summed E-state index contributed by atoms with van der Waals surface area (Å²) in [6.45, 7) is 8.25. The fraction of sp³-hybridized carbons (Fsp3) is 0.625. The predicted molar refractivity (Wildman–Crippen MR) is 86.1 cm³/mol. The van der Waals surface area contributed by atoms with Crippen molar-refractivity contribution < 1.29 is 0 Å². The average Bonchev–Trinajstić information content (AvgIpc) is 3.14. The number of nitrogens with zero attached hydrogens (tertiary/aromatic N) is 4. The first kappa shape index (κ1) is 15.1. The van der Waals surface area contributed by atoms with Crippen LogP contribution in [0.1, 0.15) is 44.5 Å².